The summed E-state index contributed by atoms with van der Waals surface area (Å²) in [5, 5.41) is 3.58. The van der Waals surface area contributed by atoms with Gasteiger partial charge in [0.2, 0.25) is 0 Å². The predicted molar refractivity (Wildman–Crippen MR) is 86.6 cm³/mol. The first-order valence-electron chi connectivity index (χ1n) is 7.61. The van der Waals surface area contributed by atoms with E-state index in [1.165, 1.54) is 11.1 Å². The number of nitrogens with two attached hydrogens (primary N) is 1. The zero-order valence-electron chi connectivity index (χ0n) is 12.4. The molecule has 2 unspecified atom stereocenters. The molecule has 0 aliphatic heterocycles. The van der Waals surface area contributed by atoms with E-state index in [2.05, 4.69) is 48.6 Å². The number of hydrogen-bond acceptors (Lipinski definition) is 3. The molecular weight excluding hydrogens is 260 g/mol. The Hall–Kier alpha value is -2.00. The number of hydrogen-bond donors (Lipinski definition) is 2. The summed E-state index contributed by atoms with van der Waals surface area (Å²) >= 11 is 0. The lowest BCUT2D eigenvalue weighted by Crippen LogP contribution is -2.09. The van der Waals surface area contributed by atoms with Crippen LogP contribution in [0, 0.1) is 0 Å². The van der Waals surface area contributed by atoms with E-state index in [1.807, 2.05) is 12.1 Å². The normalized spacial score (nSPS) is 20.1. The van der Waals surface area contributed by atoms with Gasteiger partial charge in [-0.1, -0.05) is 31.2 Å². The van der Waals surface area contributed by atoms with Gasteiger partial charge in [-0.3, -0.25) is 0 Å². The summed E-state index contributed by atoms with van der Waals surface area (Å²) in [5.41, 5.74) is 9.89. The van der Waals surface area contributed by atoms with Crippen molar-refractivity contribution in [1.29, 1.82) is 0 Å². The molecule has 2 aromatic rings. The molecule has 0 amide bonds. The van der Waals surface area contributed by atoms with Crippen molar-refractivity contribution >= 4 is 5.69 Å². The van der Waals surface area contributed by atoms with Gasteiger partial charge in [0.15, 0.2) is 0 Å². The lowest BCUT2D eigenvalue weighted by Gasteiger charge is -2.16. The van der Waals surface area contributed by atoms with Crippen LogP contribution < -0.4 is 15.8 Å². The van der Waals surface area contributed by atoms with Gasteiger partial charge >= 0.3 is 0 Å². The average molecular weight is 282 g/mol. The minimum Gasteiger partial charge on any atom is -0.494 e. The third kappa shape index (κ3) is 3.03. The van der Waals surface area contributed by atoms with Gasteiger partial charge in [-0.2, -0.15) is 0 Å². The molecule has 3 N–H and O–H groups in total. The van der Waals surface area contributed by atoms with E-state index >= 15 is 0 Å². The molecule has 0 bridgehead atoms. The van der Waals surface area contributed by atoms with Gasteiger partial charge in [-0.25, -0.2) is 0 Å². The largest absolute Gasteiger partial charge is 0.494 e. The van der Waals surface area contributed by atoms with Gasteiger partial charge in [0.05, 0.1) is 12.6 Å². The van der Waals surface area contributed by atoms with Gasteiger partial charge < -0.3 is 15.8 Å². The van der Waals surface area contributed by atoms with Gasteiger partial charge in [-0.15, -0.1) is 0 Å². The monoisotopic (exact) mass is 282 g/mol. The molecule has 0 saturated carbocycles. The molecule has 0 spiro atoms. The van der Waals surface area contributed by atoms with Gasteiger partial charge in [0, 0.05) is 11.7 Å². The Bertz CT molecular complexity index is 594. The smallest absolute Gasteiger partial charge is 0.119 e. The lowest BCUT2D eigenvalue weighted by atomic mass is 10.1. The molecule has 3 rings (SSSR count). The van der Waals surface area contributed by atoms with Crippen LogP contribution >= 0.6 is 0 Å². The summed E-state index contributed by atoms with van der Waals surface area (Å²) < 4.78 is 5.61. The van der Waals surface area contributed by atoms with Crippen molar-refractivity contribution in [1.82, 2.24) is 0 Å². The quantitative estimate of drug-likeness (QED) is 0.870. The molecule has 110 valence electrons. The number of anilines is 1. The first-order chi connectivity index (χ1) is 10.3. The van der Waals surface area contributed by atoms with Crippen molar-refractivity contribution in [3.63, 3.8) is 0 Å². The summed E-state index contributed by atoms with van der Waals surface area (Å²) in [4.78, 5) is 0. The van der Waals surface area contributed by atoms with E-state index in [0.717, 1.165) is 30.9 Å². The Kier molecular flexibility index (Phi) is 4.11. The summed E-state index contributed by atoms with van der Waals surface area (Å²) in [6, 6.07) is 17.0. The van der Waals surface area contributed by atoms with Crippen LogP contribution in [-0.4, -0.2) is 6.61 Å². The van der Waals surface area contributed by atoms with Crippen LogP contribution in [0.15, 0.2) is 48.5 Å². The van der Waals surface area contributed by atoms with E-state index in [9.17, 15) is 0 Å². The fourth-order valence-corrected chi connectivity index (χ4v) is 2.88. The Balaban J connectivity index is 1.70. The second kappa shape index (κ2) is 6.19. The molecule has 0 saturated heterocycles. The van der Waals surface area contributed by atoms with E-state index < -0.39 is 0 Å². The number of rotatable bonds is 5. The molecule has 0 heterocycles. The standard InChI is InChI=1S/C18H22N2O/c1-2-11-21-14-9-7-13(8-10-14)20-18-12-17(19)15-5-3-4-6-16(15)18/h3-10,17-18,20H,2,11-12,19H2,1H3. The number of benzene rings is 2. The summed E-state index contributed by atoms with van der Waals surface area (Å²) in [6.45, 7) is 2.87. The highest BCUT2D eigenvalue weighted by atomic mass is 16.5. The minimum absolute atomic E-state index is 0.130. The highest BCUT2D eigenvalue weighted by Crippen LogP contribution is 2.39. The van der Waals surface area contributed by atoms with Crippen LogP contribution in [0.3, 0.4) is 0 Å². The highest BCUT2D eigenvalue weighted by molar-refractivity contribution is 5.50. The molecule has 2 aromatic carbocycles. The summed E-state index contributed by atoms with van der Waals surface area (Å²) in [6.07, 6.45) is 1.96. The summed E-state index contributed by atoms with van der Waals surface area (Å²) in [5.74, 6) is 0.922. The zero-order chi connectivity index (χ0) is 14.7. The second-order valence-electron chi connectivity index (χ2n) is 5.54. The topological polar surface area (TPSA) is 47.3 Å². The Labute approximate surface area is 126 Å². The molecule has 3 nitrogen and oxygen atoms in total. The molecule has 1 aliphatic rings. The number of fused-ring (bicyclic) bond motifs is 1. The van der Waals surface area contributed by atoms with E-state index in [-0.39, 0.29) is 6.04 Å². The number of nitrogens with one attached hydrogen (secondary N) is 1. The van der Waals surface area contributed by atoms with Gasteiger partial charge in [-0.05, 0) is 48.2 Å². The molecule has 2 atom stereocenters. The van der Waals surface area contributed by atoms with Crippen LogP contribution in [-0.2, 0) is 0 Å². The maximum absolute atomic E-state index is 6.21. The van der Waals surface area contributed by atoms with E-state index in [1.54, 1.807) is 0 Å². The van der Waals surface area contributed by atoms with Crippen LogP contribution in [0.1, 0.15) is 43.0 Å². The fraction of sp³-hybridized carbons (Fsp3) is 0.333. The van der Waals surface area contributed by atoms with Crippen molar-refractivity contribution in [2.45, 2.75) is 31.8 Å². The molecule has 21 heavy (non-hydrogen) atoms. The third-order valence-corrected chi connectivity index (χ3v) is 3.93. The lowest BCUT2D eigenvalue weighted by molar-refractivity contribution is 0.317. The van der Waals surface area contributed by atoms with Crippen molar-refractivity contribution in [2.75, 3.05) is 11.9 Å². The molecule has 1 aliphatic carbocycles. The van der Waals surface area contributed by atoms with Crippen molar-refractivity contribution in [2.24, 2.45) is 5.73 Å². The highest BCUT2D eigenvalue weighted by Gasteiger charge is 2.27. The fourth-order valence-electron chi connectivity index (χ4n) is 2.88. The van der Waals surface area contributed by atoms with Crippen molar-refractivity contribution in [3.05, 3.63) is 59.7 Å². The van der Waals surface area contributed by atoms with Gasteiger partial charge in [0.25, 0.3) is 0 Å². The Morgan fingerprint density at radius 2 is 1.81 bits per heavy atom. The third-order valence-electron chi connectivity index (χ3n) is 3.93. The Morgan fingerprint density at radius 3 is 2.52 bits per heavy atom. The van der Waals surface area contributed by atoms with Crippen molar-refractivity contribution in [3.8, 4) is 5.75 Å². The predicted octanol–water partition coefficient (Wildman–Crippen LogP) is 4.03. The maximum atomic E-state index is 6.21. The SMILES string of the molecule is CCCOc1ccc(NC2CC(N)c3ccccc32)cc1. The molecule has 0 aromatic heterocycles. The zero-order valence-corrected chi connectivity index (χ0v) is 12.4. The molecule has 0 radical (unpaired) electrons. The first-order valence-corrected chi connectivity index (χ1v) is 7.61. The minimum atomic E-state index is 0.130. The van der Waals surface area contributed by atoms with Gasteiger partial charge in [0.1, 0.15) is 5.75 Å². The summed E-state index contributed by atoms with van der Waals surface area (Å²) in [7, 11) is 0. The van der Waals surface area contributed by atoms with Crippen LogP contribution in [0.5, 0.6) is 5.75 Å². The van der Waals surface area contributed by atoms with Crippen LogP contribution in [0.2, 0.25) is 0 Å². The average Bonchev–Trinajstić information content (AvgIpc) is 2.83. The van der Waals surface area contributed by atoms with Crippen molar-refractivity contribution < 1.29 is 4.74 Å². The van der Waals surface area contributed by atoms with E-state index in [4.69, 9.17) is 10.5 Å². The van der Waals surface area contributed by atoms with E-state index in [0.29, 0.717) is 6.04 Å². The van der Waals surface area contributed by atoms with Crippen LogP contribution in [0.25, 0.3) is 0 Å². The molecule has 0 fully saturated rings. The maximum Gasteiger partial charge on any atom is 0.119 e. The molecular formula is C18H22N2O. The first kappa shape index (κ1) is 14.0. The second-order valence-corrected chi connectivity index (χ2v) is 5.54. The Morgan fingerprint density at radius 1 is 1.10 bits per heavy atom. The number of ether oxygens (including phenoxy) is 1. The molecule has 3 heteroatoms. The van der Waals surface area contributed by atoms with Crippen LogP contribution in [0.4, 0.5) is 5.69 Å².